The average Bonchev–Trinajstić information content (AvgIpc) is 2.87. The SMILES string of the molecule is NCC(NC1CCCC1)c1ccc2c(c1)OCCCO2. The van der Waals surface area contributed by atoms with E-state index in [0.29, 0.717) is 12.6 Å². The lowest BCUT2D eigenvalue weighted by molar-refractivity contribution is 0.297. The van der Waals surface area contributed by atoms with Crippen LogP contribution in [0.1, 0.15) is 43.7 Å². The van der Waals surface area contributed by atoms with Gasteiger partial charge < -0.3 is 20.5 Å². The van der Waals surface area contributed by atoms with Crippen molar-refractivity contribution in [3.05, 3.63) is 23.8 Å². The Hall–Kier alpha value is -1.26. The molecule has 0 amide bonds. The van der Waals surface area contributed by atoms with Crippen molar-refractivity contribution in [3.63, 3.8) is 0 Å². The number of nitrogens with two attached hydrogens (primary N) is 1. The zero-order valence-corrected chi connectivity index (χ0v) is 11.9. The van der Waals surface area contributed by atoms with Crippen LogP contribution in [0.2, 0.25) is 0 Å². The lowest BCUT2D eigenvalue weighted by Gasteiger charge is -2.22. The van der Waals surface area contributed by atoms with E-state index in [1.54, 1.807) is 0 Å². The molecule has 4 heteroatoms. The molecular formula is C16H24N2O2. The molecule has 1 aromatic carbocycles. The monoisotopic (exact) mass is 276 g/mol. The summed E-state index contributed by atoms with van der Waals surface area (Å²) >= 11 is 0. The molecule has 1 heterocycles. The third-order valence-corrected chi connectivity index (χ3v) is 4.20. The zero-order chi connectivity index (χ0) is 13.8. The van der Waals surface area contributed by atoms with E-state index in [-0.39, 0.29) is 6.04 Å². The van der Waals surface area contributed by atoms with Crippen LogP contribution < -0.4 is 20.5 Å². The fraction of sp³-hybridized carbons (Fsp3) is 0.625. The number of ether oxygens (including phenoxy) is 2. The van der Waals surface area contributed by atoms with Gasteiger partial charge in [0, 0.05) is 25.0 Å². The summed E-state index contributed by atoms with van der Waals surface area (Å²) in [4.78, 5) is 0. The summed E-state index contributed by atoms with van der Waals surface area (Å²) in [6.45, 7) is 2.06. The minimum Gasteiger partial charge on any atom is -0.490 e. The second kappa shape index (κ2) is 6.46. The molecular weight excluding hydrogens is 252 g/mol. The van der Waals surface area contributed by atoms with Gasteiger partial charge in [0.2, 0.25) is 0 Å². The van der Waals surface area contributed by atoms with Crippen molar-refractivity contribution in [3.8, 4) is 11.5 Å². The summed E-state index contributed by atoms with van der Waals surface area (Å²) in [6.07, 6.45) is 6.12. The number of benzene rings is 1. The molecule has 0 saturated heterocycles. The molecule has 0 aromatic heterocycles. The first-order chi connectivity index (χ1) is 9.86. The standard InChI is InChI=1S/C16H24N2O2/c17-11-14(18-13-4-1-2-5-13)12-6-7-15-16(10-12)20-9-3-8-19-15/h6-7,10,13-14,18H,1-5,8-9,11,17H2. The number of hydrogen-bond donors (Lipinski definition) is 2. The molecule has 4 nitrogen and oxygen atoms in total. The van der Waals surface area contributed by atoms with Gasteiger partial charge in [0.1, 0.15) is 0 Å². The average molecular weight is 276 g/mol. The summed E-state index contributed by atoms with van der Waals surface area (Å²) in [5, 5.41) is 3.68. The number of hydrogen-bond acceptors (Lipinski definition) is 4. The van der Waals surface area contributed by atoms with Gasteiger partial charge in [-0.15, -0.1) is 0 Å². The van der Waals surface area contributed by atoms with Crippen molar-refractivity contribution in [1.29, 1.82) is 0 Å². The van der Waals surface area contributed by atoms with Crippen LogP contribution in [0, 0.1) is 0 Å². The lowest BCUT2D eigenvalue weighted by Crippen LogP contribution is -2.35. The Labute approximate surface area is 120 Å². The van der Waals surface area contributed by atoms with Crippen LogP contribution in [0.3, 0.4) is 0 Å². The molecule has 1 atom stereocenters. The fourth-order valence-electron chi connectivity index (χ4n) is 3.07. The van der Waals surface area contributed by atoms with Crippen LogP contribution in [0.5, 0.6) is 11.5 Å². The normalized spacial score (nSPS) is 20.6. The molecule has 0 radical (unpaired) electrons. The Morgan fingerprint density at radius 3 is 2.60 bits per heavy atom. The van der Waals surface area contributed by atoms with E-state index in [1.165, 1.54) is 31.2 Å². The Balaban J connectivity index is 1.75. The third-order valence-electron chi connectivity index (χ3n) is 4.20. The van der Waals surface area contributed by atoms with Crippen LogP contribution in [-0.4, -0.2) is 25.8 Å². The zero-order valence-electron chi connectivity index (χ0n) is 11.9. The topological polar surface area (TPSA) is 56.5 Å². The molecule has 1 aliphatic heterocycles. The van der Waals surface area contributed by atoms with Crippen LogP contribution in [0.4, 0.5) is 0 Å². The van der Waals surface area contributed by atoms with Crippen LogP contribution in [-0.2, 0) is 0 Å². The number of rotatable bonds is 4. The molecule has 1 aromatic rings. The van der Waals surface area contributed by atoms with Gasteiger partial charge in [-0.05, 0) is 30.5 Å². The van der Waals surface area contributed by atoms with Crippen molar-refractivity contribution >= 4 is 0 Å². The van der Waals surface area contributed by atoms with E-state index >= 15 is 0 Å². The van der Waals surface area contributed by atoms with E-state index in [4.69, 9.17) is 15.2 Å². The van der Waals surface area contributed by atoms with Crippen molar-refractivity contribution in [2.24, 2.45) is 5.73 Å². The van der Waals surface area contributed by atoms with Gasteiger partial charge in [0.15, 0.2) is 11.5 Å². The minimum atomic E-state index is 0.204. The van der Waals surface area contributed by atoms with Gasteiger partial charge in [0.25, 0.3) is 0 Å². The van der Waals surface area contributed by atoms with E-state index in [2.05, 4.69) is 17.4 Å². The van der Waals surface area contributed by atoms with Crippen molar-refractivity contribution in [1.82, 2.24) is 5.32 Å². The minimum absolute atomic E-state index is 0.204. The highest BCUT2D eigenvalue weighted by molar-refractivity contribution is 5.44. The van der Waals surface area contributed by atoms with Crippen LogP contribution in [0.15, 0.2) is 18.2 Å². The molecule has 20 heavy (non-hydrogen) atoms. The largest absolute Gasteiger partial charge is 0.490 e. The van der Waals surface area contributed by atoms with Gasteiger partial charge in [-0.3, -0.25) is 0 Å². The first-order valence-electron chi connectivity index (χ1n) is 7.72. The predicted octanol–water partition coefficient (Wildman–Crippen LogP) is 2.38. The molecule has 3 rings (SSSR count). The summed E-state index contributed by atoms with van der Waals surface area (Å²) in [5.74, 6) is 1.70. The fourth-order valence-corrected chi connectivity index (χ4v) is 3.07. The van der Waals surface area contributed by atoms with Crippen molar-refractivity contribution < 1.29 is 9.47 Å². The van der Waals surface area contributed by atoms with Gasteiger partial charge >= 0.3 is 0 Å². The maximum atomic E-state index is 5.96. The van der Waals surface area contributed by atoms with Crippen LogP contribution in [0.25, 0.3) is 0 Å². The highest BCUT2D eigenvalue weighted by Crippen LogP contribution is 2.32. The maximum Gasteiger partial charge on any atom is 0.161 e. The molecule has 1 fully saturated rings. The molecule has 1 unspecified atom stereocenters. The van der Waals surface area contributed by atoms with Gasteiger partial charge in [-0.25, -0.2) is 0 Å². The lowest BCUT2D eigenvalue weighted by atomic mass is 10.0. The van der Waals surface area contributed by atoms with Gasteiger partial charge in [-0.1, -0.05) is 18.9 Å². The summed E-state index contributed by atoms with van der Waals surface area (Å²) in [5.41, 5.74) is 7.15. The van der Waals surface area contributed by atoms with E-state index in [9.17, 15) is 0 Å². The summed E-state index contributed by atoms with van der Waals surface area (Å²) in [6, 6.07) is 7.01. The first kappa shape index (κ1) is 13.7. The van der Waals surface area contributed by atoms with E-state index in [0.717, 1.165) is 31.1 Å². The molecule has 110 valence electrons. The number of fused-ring (bicyclic) bond motifs is 1. The summed E-state index contributed by atoms with van der Waals surface area (Å²) in [7, 11) is 0. The first-order valence-corrected chi connectivity index (χ1v) is 7.72. The second-order valence-electron chi connectivity index (χ2n) is 5.69. The molecule has 0 bridgehead atoms. The Morgan fingerprint density at radius 1 is 1.10 bits per heavy atom. The Bertz CT molecular complexity index is 444. The molecule has 3 N–H and O–H groups in total. The maximum absolute atomic E-state index is 5.96. The second-order valence-corrected chi connectivity index (χ2v) is 5.69. The van der Waals surface area contributed by atoms with E-state index in [1.807, 2.05) is 6.07 Å². The van der Waals surface area contributed by atoms with Crippen LogP contribution >= 0.6 is 0 Å². The van der Waals surface area contributed by atoms with E-state index < -0.39 is 0 Å². The molecule has 1 saturated carbocycles. The predicted molar refractivity (Wildman–Crippen MR) is 79.2 cm³/mol. The van der Waals surface area contributed by atoms with Gasteiger partial charge in [0.05, 0.1) is 13.2 Å². The Morgan fingerprint density at radius 2 is 1.85 bits per heavy atom. The quantitative estimate of drug-likeness (QED) is 0.886. The van der Waals surface area contributed by atoms with Crippen molar-refractivity contribution in [2.45, 2.75) is 44.2 Å². The van der Waals surface area contributed by atoms with Gasteiger partial charge in [-0.2, -0.15) is 0 Å². The summed E-state index contributed by atoms with van der Waals surface area (Å²) < 4.78 is 11.4. The highest BCUT2D eigenvalue weighted by Gasteiger charge is 2.21. The molecule has 1 aliphatic carbocycles. The molecule has 0 spiro atoms. The number of nitrogens with one attached hydrogen (secondary N) is 1. The highest BCUT2D eigenvalue weighted by atomic mass is 16.5. The Kier molecular flexibility index (Phi) is 4.43. The smallest absolute Gasteiger partial charge is 0.161 e. The van der Waals surface area contributed by atoms with Crippen molar-refractivity contribution in [2.75, 3.05) is 19.8 Å². The molecule has 2 aliphatic rings. The third kappa shape index (κ3) is 3.07.